The van der Waals surface area contributed by atoms with E-state index in [1.54, 1.807) is 7.11 Å². The minimum absolute atomic E-state index is 0.0808. The molecule has 3 saturated heterocycles. The molecule has 0 aromatic rings. The van der Waals surface area contributed by atoms with Crippen LogP contribution in [0.15, 0.2) is 0 Å². The largest absolute Gasteiger partial charge is 0.380 e. The fourth-order valence-corrected chi connectivity index (χ4v) is 8.23. The predicted molar refractivity (Wildman–Crippen MR) is 128 cm³/mol. The van der Waals surface area contributed by atoms with Crippen LogP contribution in [0.4, 0.5) is 0 Å². The maximum absolute atomic E-state index is 13.4. The van der Waals surface area contributed by atoms with Crippen LogP contribution < -0.4 is 26.5 Å². The summed E-state index contributed by atoms with van der Waals surface area (Å²) in [5.74, 6) is 2.30. The number of nitrogens with two attached hydrogens (primary N) is 1. The van der Waals surface area contributed by atoms with Gasteiger partial charge < -0.3 is 21.1 Å². The summed E-state index contributed by atoms with van der Waals surface area (Å²) < 4.78 is 35.6. The molecule has 0 aromatic heterocycles. The van der Waals surface area contributed by atoms with Crippen LogP contribution in [-0.2, 0) is 14.8 Å². The predicted octanol–water partition coefficient (Wildman–Crippen LogP) is -1.54. The van der Waals surface area contributed by atoms with Crippen molar-refractivity contribution >= 4 is 10.0 Å². The molecule has 0 spiro atoms. The molecule has 0 aromatic carbocycles. The molecule has 0 amide bonds. The van der Waals surface area contributed by atoms with Gasteiger partial charge in [0.2, 0.25) is 10.0 Å². The summed E-state index contributed by atoms with van der Waals surface area (Å²) in [6.45, 7) is 4.77. The highest BCUT2D eigenvalue weighted by Crippen LogP contribution is 2.46. The number of likely N-dealkylation sites (tertiary alicyclic amines) is 1. The first-order chi connectivity index (χ1) is 15.9. The van der Waals surface area contributed by atoms with Gasteiger partial charge in [0, 0.05) is 59.0 Å². The van der Waals surface area contributed by atoms with Crippen molar-refractivity contribution in [3.05, 3.63) is 0 Å². The van der Waals surface area contributed by atoms with E-state index in [-0.39, 0.29) is 30.9 Å². The molecule has 0 radical (unpaired) electrons. The van der Waals surface area contributed by atoms with E-state index in [1.165, 1.54) is 25.9 Å². The third-order valence-electron chi connectivity index (χ3n) is 8.92. The number of methoxy groups -OCH3 is 1. The van der Waals surface area contributed by atoms with E-state index >= 15 is 0 Å². The van der Waals surface area contributed by atoms with Crippen LogP contribution in [0.3, 0.4) is 0 Å². The van der Waals surface area contributed by atoms with Crippen LogP contribution in [0.5, 0.6) is 0 Å². The lowest BCUT2D eigenvalue weighted by Gasteiger charge is -2.41. The van der Waals surface area contributed by atoms with Gasteiger partial charge in [0.25, 0.3) is 0 Å². The highest BCUT2D eigenvalue weighted by Gasteiger charge is 2.48. The molecular weight excluding hydrogens is 442 g/mol. The van der Waals surface area contributed by atoms with E-state index in [0.717, 1.165) is 44.2 Å². The zero-order valence-corrected chi connectivity index (χ0v) is 20.9. The summed E-state index contributed by atoms with van der Waals surface area (Å²) in [5, 5.41) is 8.38. The van der Waals surface area contributed by atoms with E-state index in [2.05, 4.69) is 25.7 Å². The van der Waals surface area contributed by atoms with Crippen molar-refractivity contribution in [2.24, 2.45) is 23.5 Å². The highest BCUT2D eigenvalue weighted by atomic mass is 32.2. The summed E-state index contributed by atoms with van der Waals surface area (Å²) >= 11 is 0. The Morgan fingerprint density at radius 2 is 1.94 bits per heavy atom. The van der Waals surface area contributed by atoms with Crippen molar-refractivity contribution < 1.29 is 13.2 Å². The third-order valence-corrected chi connectivity index (χ3v) is 10.8. The van der Waals surface area contributed by atoms with Gasteiger partial charge in [-0.15, -0.1) is 0 Å². The van der Waals surface area contributed by atoms with Gasteiger partial charge in [-0.2, -0.15) is 0 Å². The highest BCUT2D eigenvalue weighted by molar-refractivity contribution is 7.90. The molecule has 5 rings (SSSR count). The van der Waals surface area contributed by atoms with E-state index in [4.69, 9.17) is 10.5 Å². The number of hydrazine groups is 1. The lowest BCUT2D eigenvalue weighted by Crippen LogP contribution is -2.62. The zero-order chi connectivity index (χ0) is 23.2. The number of fused-ring (bicyclic) bond motifs is 2. The second kappa shape index (κ2) is 9.94. The lowest BCUT2D eigenvalue weighted by molar-refractivity contribution is 0.00328. The van der Waals surface area contributed by atoms with Gasteiger partial charge in [-0.1, -0.05) is 0 Å². The van der Waals surface area contributed by atoms with Crippen molar-refractivity contribution in [1.82, 2.24) is 30.7 Å². The fourth-order valence-electron chi connectivity index (χ4n) is 6.79. The average molecular weight is 486 g/mol. The fraction of sp³-hybridized carbons (Fsp3) is 1.00. The Morgan fingerprint density at radius 3 is 2.67 bits per heavy atom. The number of nitrogens with zero attached hydrogens (tertiary/aromatic N) is 2. The van der Waals surface area contributed by atoms with Crippen LogP contribution >= 0.6 is 0 Å². The average Bonchev–Trinajstić information content (AvgIpc) is 3.22. The zero-order valence-electron chi connectivity index (χ0n) is 20.1. The number of piperidine rings is 2. The maximum atomic E-state index is 13.4. The minimum atomic E-state index is -3.62. The molecular formula is C22H43N7O3S. The van der Waals surface area contributed by atoms with Gasteiger partial charge in [0.15, 0.2) is 0 Å². The van der Waals surface area contributed by atoms with Gasteiger partial charge in [-0.05, 0) is 56.4 Å². The molecule has 10 nitrogen and oxygen atoms in total. The molecule has 6 N–H and O–H groups in total. The minimum Gasteiger partial charge on any atom is -0.380 e. The van der Waals surface area contributed by atoms with Crippen molar-refractivity contribution in [1.29, 1.82) is 0 Å². The first-order valence-corrected chi connectivity index (χ1v) is 14.4. The third kappa shape index (κ3) is 5.12. The number of nitrogens with one attached hydrogen (secondary N) is 4. The van der Waals surface area contributed by atoms with Gasteiger partial charge in [0.05, 0.1) is 18.3 Å². The molecule has 2 saturated carbocycles. The SMILES string of the molecule is COC1CCC2CNN(C)C2C1NS(=O)(=O)C(CN)CNC1CC(N2CC3CC3C2)CCN1. The quantitative estimate of drug-likeness (QED) is 0.264. The number of sulfonamides is 1. The summed E-state index contributed by atoms with van der Waals surface area (Å²) in [7, 11) is 0.0406. The van der Waals surface area contributed by atoms with Crippen molar-refractivity contribution in [2.75, 3.05) is 53.4 Å². The Bertz CT molecular complexity index is 776. The molecule has 3 aliphatic heterocycles. The molecule has 3 heterocycles. The van der Waals surface area contributed by atoms with Crippen molar-refractivity contribution in [3.8, 4) is 0 Å². The molecule has 5 fully saturated rings. The molecule has 0 bridgehead atoms. The van der Waals surface area contributed by atoms with E-state index in [0.29, 0.717) is 18.5 Å². The number of ether oxygens (including phenoxy) is 1. The summed E-state index contributed by atoms with van der Waals surface area (Å²) in [6.07, 6.45) is 5.49. The second-order valence-corrected chi connectivity index (χ2v) is 12.9. The molecule has 11 heteroatoms. The Morgan fingerprint density at radius 1 is 1.15 bits per heavy atom. The monoisotopic (exact) mass is 485 g/mol. The number of hydrogen-bond donors (Lipinski definition) is 5. The standard InChI is InChI=1S/C22H43N7O3S/c1-28-22-14(10-26-28)3-4-19(32-2)21(22)27-33(30,31)18(9-23)11-25-20-8-17(5-6-24-20)29-12-15-7-16(15)13-29/h14-22,24-27H,3-13,23H2,1-2H3. The van der Waals surface area contributed by atoms with E-state index in [9.17, 15) is 8.42 Å². The normalized spacial score (nSPS) is 42.8. The molecule has 33 heavy (non-hydrogen) atoms. The van der Waals surface area contributed by atoms with Crippen LogP contribution in [0.1, 0.15) is 32.1 Å². The molecule has 5 aliphatic rings. The van der Waals surface area contributed by atoms with Crippen LogP contribution in [0.25, 0.3) is 0 Å². The summed E-state index contributed by atoms with van der Waals surface area (Å²) in [5.41, 5.74) is 9.35. The van der Waals surface area contributed by atoms with Gasteiger partial charge in [-0.25, -0.2) is 18.1 Å². The van der Waals surface area contributed by atoms with Crippen molar-refractivity contribution in [3.63, 3.8) is 0 Å². The maximum Gasteiger partial charge on any atom is 0.217 e. The number of likely N-dealkylation sites (N-methyl/N-ethyl adjacent to an activating group) is 1. The van der Waals surface area contributed by atoms with Crippen LogP contribution in [-0.4, -0.2) is 107 Å². The van der Waals surface area contributed by atoms with E-state index in [1.807, 2.05) is 12.1 Å². The molecule has 9 atom stereocenters. The molecule has 9 unspecified atom stereocenters. The van der Waals surface area contributed by atoms with Gasteiger partial charge in [0.1, 0.15) is 5.25 Å². The Labute approximate surface area is 198 Å². The smallest absolute Gasteiger partial charge is 0.217 e. The Hall–Kier alpha value is -0.370. The number of hydrogen-bond acceptors (Lipinski definition) is 9. The second-order valence-electron chi connectivity index (χ2n) is 10.9. The first kappa shape index (κ1) is 24.3. The van der Waals surface area contributed by atoms with Gasteiger partial charge in [-0.3, -0.25) is 10.3 Å². The Kier molecular flexibility index (Phi) is 7.33. The summed E-state index contributed by atoms with van der Waals surface area (Å²) in [6, 6.07) is 0.388. The number of rotatable bonds is 9. The Balaban J connectivity index is 1.18. The lowest BCUT2D eigenvalue weighted by atomic mass is 9.80. The molecule has 190 valence electrons. The van der Waals surface area contributed by atoms with Crippen LogP contribution in [0.2, 0.25) is 0 Å². The van der Waals surface area contributed by atoms with E-state index < -0.39 is 15.3 Å². The van der Waals surface area contributed by atoms with Crippen molar-refractivity contribution in [2.45, 2.75) is 67.7 Å². The topological polar surface area (TPSA) is 124 Å². The van der Waals surface area contributed by atoms with Crippen LogP contribution in [0, 0.1) is 17.8 Å². The summed E-state index contributed by atoms with van der Waals surface area (Å²) in [4.78, 5) is 2.66. The first-order valence-electron chi connectivity index (χ1n) is 12.8. The molecule has 2 aliphatic carbocycles. The van der Waals surface area contributed by atoms with Gasteiger partial charge >= 0.3 is 0 Å².